The second-order valence-corrected chi connectivity index (χ2v) is 12.9. The molecule has 4 saturated heterocycles. The minimum atomic E-state index is -0.631. The van der Waals surface area contributed by atoms with Gasteiger partial charge in [-0.05, 0) is 37.1 Å². The number of pyridine rings is 1. The summed E-state index contributed by atoms with van der Waals surface area (Å²) in [4.78, 5) is 18.7. The van der Waals surface area contributed by atoms with Crippen molar-refractivity contribution in [3.63, 3.8) is 0 Å². The van der Waals surface area contributed by atoms with Gasteiger partial charge in [-0.2, -0.15) is 9.97 Å². The molecule has 0 amide bonds. The van der Waals surface area contributed by atoms with E-state index >= 15 is 4.39 Å². The number of nitrogens with one attached hydrogen (secondary N) is 1. The predicted octanol–water partition coefficient (Wildman–Crippen LogP) is 4.84. The summed E-state index contributed by atoms with van der Waals surface area (Å²) in [5.41, 5.74) is 1.50. The maximum Gasteiger partial charge on any atom is 0.319 e. The Morgan fingerprint density at radius 2 is 1.96 bits per heavy atom. The van der Waals surface area contributed by atoms with Gasteiger partial charge in [0.1, 0.15) is 29.5 Å². The van der Waals surface area contributed by atoms with Crippen LogP contribution in [0.15, 0.2) is 48.7 Å². The average Bonchev–Trinajstić information content (AvgIpc) is 3.67. The third-order valence-corrected chi connectivity index (χ3v) is 10.1. The summed E-state index contributed by atoms with van der Waals surface area (Å²) in [5, 5.41) is 5.28. The number of hydrogen-bond acceptors (Lipinski definition) is 8. The molecule has 2 aromatic heterocycles. The van der Waals surface area contributed by atoms with Crippen LogP contribution in [0.2, 0.25) is 0 Å². The number of nitrogens with zero attached hydrogens (tertiary/aromatic N) is 5. The average molecular weight is 609 g/mol. The minimum absolute atomic E-state index is 0.0433. The summed E-state index contributed by atoms with van der Waals surface area (Å²) in [6, 6.07) is 9.06. The molecule has 1 N–H and O–H groups in total. The number of anilines is 1. The molecule has 4 fully saturated rings. The van der Waals surface area contributed by atoms with Gasteiger partial charge >= 0.3 is 6.01 Å². The number of aromatic nitrogens is 3. The van der Waals surface area contributed by atoms with E-state index in [-0.39, 0.29) is 34.4 Å². The van der Waals surface area contributed by atoms with Gasteiger partial charge in [0.2, 0.25) is 0 Å². The summed E-state index contributed by atoms with van der Waals surface area (Å²) in [6.45, 7) is 7.66. The molecule has 0 spiro atoms. The Kier molecular flexibility index (Phi) is 6.75. The fourth-order valence-corrected chi connectivity index (χ4v) is 8.00. The summed E-state index contributed by atoms with van der Waals surface area (Å²) in [5.74, 6) is 1.88. The molecular weight excluding hydrogens is 574 g/mol. The zero-order chi connectivity index (χ0) is 30.9. The Labute approximate surface area is 260 Å². The summed E-state index contributed by atoms with van der Waals surface area (Å²) >= 11 is 0. The molecule has 0 aliphatic carbocycles. The number of benzene rings is 2. The van der Waals surface area contributed by atoms with Gasteiger partial charge in [-0.1, -0.05) is 42.3 Å². The highest BCUT2D eigenvalue weighted by atomic mass is 19.1. The lowest BCUT2D eigenvalue weighted by atomic mass is 9.93. The van der Waals surface area contributed by atoms with E-state index in [1.165, 1.54) is 6.07 Å². The number of halogens is 2. The van der Waals surface area contributed by atoms with Crippen molar-refractivity contribution in [2.75, 3.05) is 44.8 Å². The Hall–Kier alpha value is -4.17. The van der Waals surface area contributed by atoms with Gasteiger partial charge in [-0.15, -0.1) is 6.42 Å². The molecule has 10 heteroatoms. The zero-order valence-corrected chi connectivity index (χ0v) is 25.2. The normalized spacial score (nSPS) is 26.1. The SMILES string of the molecule is C#Cc1c(F)ccc2cccc(-c3ncc4c(N5CC6CCC(C5)N6)nc(OC[C@@]56CC(=C)CN5C[C@H](OC)C6)nc4c3F)c12. The first-order valence-corrected chi connectivity index (χ1v) is 15.5. The smallest absolute Gasteiger partial charge is 0.319 e. The van der Waals surface area contributed by atoms with Crippen LogP contribution in [0.25, 0.3) is 32.9 Å². The Balaban J connectivity index is 1.25. The molecule has 8 rings (SSSR count). The van der Waals surface area contributed by atoms with E-state index < -0.39 is 11.6 Å². The Morgan fingerprint density at radius 1 is 1.13 bits per heavy atom. The van der Waals surface area contributed by atoms with Crippen LogP contribution in [-0.4, -0.2) is 83.5 Å². The van der Waals surface area contributed by atoms with Crippen LogP contribution in [0.3, 0.4) is 0 Å². The van der Waals surface area contributed by atoms with Crippen molar-refractivity contribution in [1.29, 1.82) is 0 Å². The van der Waals surface area contributed by atoms with Gasteiger partial charge in [0, 0.05) is 62.5 Å². The molecule has 4 aromatic rings. The monoisotopic (exact) mass is 608 g/mol. The van der Waals surface area contributed by atoms with E-state index in [1.54, 1.807) is 31.5 Å². The molecule has 8 nitrogen and oxygen atoms in total. The predicted molar refractivity (Wildman–Crippen MR) is 169 cm³/mol. The number of piperazine rings is 1. The number of methoxy groups -OCH3 is 1. The molecule has 45 heavy (non-hydrogen) atoms. The fourth-order valence-electron chi connectivity index (χ4n) is 8.00. The first kappa shape index (κ1) is 28.3. The Morgan fingerprint density at radius 3 is 2.73 bits per heavy atom. The number of fused-ring (bicyclic) bond motifs is 5. The molecule has 6 heterocycles. The quantitative estimate of drug-likeness (QED) is 0.246. The van der Waals surface area contributed by atoms with Gasteiger partial charge in [0.15, 0.2) is 5.82 Å². The molecular formula is C35H34F2N6O2. The molecule has 2 unspecified atom stereocenters. The fraction of sp³-hybridized carbons (Fsp3) is 0.400. The first-order chi connectivity index (χ1) is 21.9. The van der Waals surface area contributed by atoms with Gasteiger partial charge in [0.25, 0.3) is 0 Å². The second kappa shape index (κ2) is 10.7. The zero-order valence-electron chi connectivity index (χ0n) is 25.2. The highest BCUT2D eigenvalue weighted by Gasteiger charge is 2.50. The largest absolute Gasteiger partial charge is 0.461 e. The number of rotatable bonds is 6. The lowest BCUT2D eigenvalue weighted by Gasteiger charge is -2.34. The van der Waals surface area contributed by atoms with Gasteiger partial charge in [-0.25, -0.2) is 8.78 Å². The van der Waals surface area contributed by atoms with Crippen molar-refractivity contribution in [2.24, 2.45) is 0 Å². The van der Waals surface area contributed by atoms with Crippen LogP contribution < -0.4 is 15.0 Å². The Bertz CT molecular complexity index is 1900. The third-order valence-electron chi connectivity index (χ3n) is 10.1. The molecule has 4 aliphatic rings. The van der Waals surface area contributed by atoms with Gasteiger partial charge < -0.3 is 19.7 Å². The third kappa shape index (κ3) is 4.64. The van der Waals surface area contributed by atoms with Gasteiger partial charge in [-0.3, -0.25) is 9.88 Å². The van der Waals surface area contributed by atoms with Crippen molar-refractivity contribution in [1.82, 2.24) is 25.2 Å². The van der Waals surface area contributed by atoms with E-state index in [4.69, 9.17) is 20.9 Å². The molecule has 2 bridgehead atoms. The van der Waals surface area contributed by atoms with Crippen molar-refractivity contribution < 1.29 is 18.3 Å². The van der Waals surface area contributed by atoms with Crippen LogP contribution in [0.1, 0.15) is 31.2 Å². The topological polar surface area (TPSA) is 75.6 Å². The van der Waals surface area contributed by atoms with E-state index in [9.17, 15) is 4.39 Å². The van der Waals surface area contributed by atoms with Crippen molar-refractivity contribution in [2.45, 2.75) is 49.4 Å². The molecule has 4 aliphatic heterocycles. The molecule has 0 radical (unpaired) electrons. The van der Waals surface area contributed by atoms with Crippen LogP contribution >= 0.6 is 0 Å². The van der Waals surface area contributed by atoms with Gasteiger partial charge in [0.05, 0.1) is 22.6 Å². The molecule has 4 atom stereocenters. The first-order valence-electron chi connectivity index (χ1n) is 15.5. The van der Waals surface area contributed by atoms with E-state index in [0.717, 1.165) is 57.4 Å². The van der Waals surface area contributed by atoms with E-state index in [2.05, 4.69) is 37.6 Å². The maximum atomic E-state index is 16.8. The molecule has 2 aromatic carbocycles. The van der Waals surface area contributed by atoms with Crippen LogP contribution in [0.4, 0.5) is 14.6 Å². The molecule has 0 saturated carbocycles. The van der Waals surface area contributed by atoms with E-state index in [1.807, 2.05) is 6.07 Å². The second-order valence-electron chi connectivity index (χ2n) is 12.9. The molecule has 230 valence electrons. The summed E-state index contributed by atoms with van der Waals surface area (Å²) in [7, 11) is 1.74. The highest BCUT2D eigenvalue weighted by Crippen LogP contribution is 2.43. The number of terminal acetylenes is 1. The summed E-state index contributed by atoms with van der Waals surface area (Å²) in [6.07, 6.45) is 11.2. The standard InChI is InChI=1S/C35H34F2N6O2/c1-4-25-28(36)11-8-21-6-5-7-26(29(21)25)31-30(37)32-27(14-38-31)33(42-16-22-9-10-23(17-42)39-22)41-34(40-32)45-19-35-12-20(2)15-43(35)18-24(13-35)44-3/h1,5-8,11,14,22-24,39H,2,9-10,12-13,15-19H2,3H3/t22?,23?,24-,35+/m1/s1. The van der Waals surface area contributed by atoms with Crippen molar-refractivity contribution in [3.8, 4) is 29.6 Å². The lowest BCUT2D eigenvalue weighted by molar-refractivity contribution is 0.101. The van der Waals surface area contributed by atoms with Crippen LogP contribution in [0, 0.1) is 24.0 Å². The number of hydrogen-bond donors (Lipinski definition) is 1. The van der Waals surface area contributed by atoms with Crippen LogP contribution in [-0.2, 0) is 4.74 Å². The van der Waals surface area contributed by atoms with E-state index in [0.29, 0.717) is 46.2 Å². The van der Waals surface area contributed by atoms with Crippen molar-refractivity contribution >= 4 is 27.5 Å². The minimum Gasteiger partial charge on any atom is -0.461 e. The summed E-state index contributed by atoms with van der Waals surface area (Å²) < 4.78 is 43.7. The highest BCUT2D eigenvalue weighted by molar-refractivity contribution is 6.02. The van der Waals surface area contributed by atoms with Crippen LogP contribution in [0.5, 0.6) is 6.01 Å². The lowest BCUT2D eigenvalue weighted by Crippen LogP contribution is -2.51. The maximum absolute atomic E-state index is 16.8. The number of ether oxygens (including phenoxy) is 2. The van der Waals surface area contributed by atoms with Crippen molar-refractivity contribution in [3.05, 3.63) is 65.9 Å².